The summed E-state index contributed by atoms with van der Waals surface area (Å²) in [5, 5.41) is 0.0266. The van der Waals surface area contributed by atoms with Gasteiger partial charge in [0.2, 0.25) is 0 Å². The minimum atomic E-state index is -0.697. The molecule has 2 aliphatic heterocycles. The Morgan fingerprint density at radius 2 is 0.938 bits per heavy atom. The van der Waals surface area contributed by atoms with Crippen LogP contribution >= 0.6 is 55.1 Å². The van der Waals surface area contributed by atoms with Gasteiger partial charge >= 0.3 is 24.1 Å². The second-order valence-electron chi connectivity index (χ2n) is 26.5. The summed E-state index contributed by atoms with van der Waals surface area (Å²) in [6.45, 7) is 25.2. The monoisotopic (exact) mass is 1270 g/mol. The van der Waals surface area contributed by atoms with E-state index in [9.17, 15) is 19.2 Å². The van der Waals surface area contributed by atoms with E-state index in [-0.39, 0.29) is 44.6 Å². The van der Waals surface area contributed by atoms with Crippen LogP contribution in [0.25, 0.3) is 22.3 Å². The smallest absolute Gasteiger partial charge is 0.414 e. The summed E-state index contributed by atoms with van der Waals surface area (Å²) in [4.78, 5) is 67.4. The summed E-state index contributed by atoms with van der Waals surface area (Å²) in [5.74, 6) is -0.968. The predicted molar refractivity (Wildman–Crippen MR) is 315 cm³/mol. The topological polar surface area (TPSA) is 144 Å². The highest BCUT2D eigenvalue weighted by atomic mass is 79.9. The van der Waals surface area contributed by atoms with Crippen molar-refractivity contribution in [2.24, 2.45) is 22.7 Å². The number of fused-ring (bicyclic) bond motifs is 6. The summed E-state index contributed by atoms with van der Waals surface area (Å²) in [7, 11) is 3.15. The van der Waals surface area contributed by atoms with Crippen LogP contribution in [0.4, 0.5) is 41.1 Å². The van der Waals surface area contributed by atoms with Crippen molar-refractivity contribution in [2.45, 2.75) is 157 Å². The lowest BCUT2D eigenvalue weighted by Gasteiger charge is -2.27. The Morgan fingerprint density at radius 3 is 1.26 bits per heavy atom. The molecule has 0 radical (unpaired) electrons. The standard InChI is InChI=1S/2C30H36BrClFN3O4/c2*1-28(2,3)39-22(37)10-16-13-30(16)8-9-36(15-30)26-18(31)14-34-20-11-17-21(35(7)27(38)40-29(4,5)6)12-19(33)25(32)23(17)24(20)26/h2*12,14,16H,8-11,13,15H2,1-7H3/t2*16-,30?/m10/s1. The van der Waals surface area contributed by atoms with Crippen LogP contribution in [0.5, 0.6) is 0 Å². The summed E-state index contributed by atoms with van der Waals surface area (Å²) in [5.41, 5.74) is 6.11. The first-order valence-electron chi connectivity index (χ1n) is 27.2. The van der Waals surface area contributed by atoms with Crippen LogP contribution < -0.4 is 19.6 Å². The van der Waals surface area contributed by atoms with Crippen molar-refractivity contribution in [3.05, 3.63) is 77.7 Å². The number of anilines is 4. The maximum absolute atomic E-state index is 15.3. The maximum Gasteiger partial charge on any atom is 0.414 e. The van der Waals surface area contributed by atoms with Crippen molar-refractivity contribution < 1.29 is 46.9 Å². The third kappa shape index (κ3) is 12.2. The summed E-state index contributed by atoms with van der Waals surface area (Å²) in [6.07, 6.45) is 7.93. The number of ether oxygens (including phenoxy) is 4. The van der Waals surface area contributed by atoms with Gasteiger partial charge in [-0.25, -0.2) is 18.4 Å². The highest BCUT2D eigenvalue weighted by Crippen LogP contribution is 2.64. The summed E-state index contributed by atoms with van der Waals surface area (Å²) < 4.78 is 54.5. The van der Waals surface area contributed by atoms with Gasteiger partial charge in [0.25, 0.3) is 0 Å². The third-order valence-electron chi connectivity index (χ3n) is 15.8. The number of carbonyl (C=O) groups excluding carboxylic acids is 4. The molecule has 6 aliphatic rings. The molecule has 80 heavy (non-hydrogen) atoms. The van der Waals surface area contributed by atoms with Crippen molar-refractivity contribution in [1.29, 1.82) is 0 Å². The zero-order valence-corrected chi connectivity index (χ0v) is 52.9. The molecule has 4 aromatic rings. The molecule has 2 aromatic heterocycles. The number of carbonyl (C=O) groups is 4. The lowest BCUT2D eigenvalue weighted by molar-refractivity contribution is -0.156. The zero-order valence-electron chi connectivity index (χ0n) is 48.2. The first kappa shape index (κ1) is 59.8. The average molecular weight is 1270 g/mol. The van der Waals surface area contributed by atoms with Crippen LogP contribution in [0, 0.1) is 34.3 Å². The predicted octanol–water partition coefficient (Wildman–Crippen LogP) is 15.1. The highest BCUT2D eigenvalue weighted by molar-refractivity contribution is 9.11. The molecular weight excluding hydrogens is 1200 g/mol. The van der Waals surface area contributed by atoms with E-state index in [2.05, 4.69) is 51.6 Å². The summed E-state index contributed by atoms with van der Waals surface area (Å²) in [6, 6.07) is 2.59. The number of pyridine rings is 2. The average Bonchev–Trinajstić information content (AvgIpc) is 3.88. The number of rotatable bonds is 8. The first-order valence-corrected chi connectivity index (χ1v) is 29.6. The fraction of sp³-hybridized carbons (Fsp3) is 0.567. The van der Waals surface area contributed by atoms with Gasteiger partial charge in [-0.1, -0.05) is 23.2 Å². The largest absolute Gasteiger partial charge is 0.460 e. The van der Waals surface area contributed by atoms with Gasteiger partial charge in [0, 0.05) is 101 Å². The minimum Gasteiger partial charge on any atom is -0.460 e. The first-order chi connectivity index (χ1) is 37.0. The Labute approximate surface area is 495 Å². The van der Waals surface area contributed by atoms with Crippen LogP contribution in [0.3, 0.4) is 0 Å². The Kier molecular flexibility index (Phi) is 15.8. The van der Waals surface area contributed by atoms with E-state index in [1.807, 2.05) is 41.5 Å². The van der Waals surface area contributed by atoms with Gasteiger partial charge < -0.3 is 28.7 Å². The van der Waals surface area contributed by atoms with Crippen LogP contribution in [0.15, 0.2) is 33.5 Å². The quantitative estimate of drug-likeness (QED) is 0.106. The zero-order chi connectivity index (χ0) is 58.7. The molecule has 2 saturated carbocycles. The number of benzene rings is 2. The van der Waals surface area contributed by atoms with Crippen molar-refractivity contribution in [3.63, 3.8) is 0 Å². The SMILES string of the molecule is CN(C(=O)OC(C)(C)C)c1cc(F)c(Cl)c2c1Cc1ncc(Br)c(N3CCC4(C[C@@H]4CC(=O)OC(C)(C)C)C3)c1-2.CN(C(=O)OC(C)(C)C)c1cc(F)c(Cl)c2c1Cc1ncc(Br)c(N3CCC4(C[C@H]4CC(=O)OC(C)(C)C)C3)c1-2. The second-order valence-corrected chi connectivity index (χ2v) is 29.0. The molecule has 14 nitrogen and oxygen atoms in total. The Bertz CT molecular complexity index is 3020. The molecule has 4 aliphatic carbocycles. The minimum absolute atomic E-state index is 0.0133. The van der Waals surface area contributed by atoms with Gasteiger partial charge in [0.05, 0.1) is 53.1 Å². The van der Waals surface area contributed by atoms with E-state index in [0.717, 1.165) is 106 Å². The molecule has 4 heterocycles. The van der Waals surface area contributed by atoms with Crippen molar-refractivity contribution in [2.75, 3.05) is 59.9 Å². The third-order valence-corrected chi connectivity index (χ3v) is 17.7. The molecule has 20 heteroatoms. The number of halogens is 6. The lowest BCUT2D eigenvalue weighted by atomic mass is 10.0. The maximum atomic E-state index is 15.3. The molecule has 4 atom stereocenters. The van der Waals surface area contributed by atoms with E-state index >= 15 is 8.78 Å². The highest BCUT2D eigenvalue weighted by Gasteiger charge is 2.60. The van der Waals surface area contributed by atoms with Crippen LogP contribution in [-0.2, 0) is 41.4 Å². The lowest BCUT2D eigenvalue weighted by Crippen LogP contribution is -2.34. The number of aromatic nitrogens is 2. The van der Waals surface area contributed by atoms with E-state index in [0.29, 0.717) is 48.2 Å². The molecule has 2 saturated heterocycles. The molecule has 0 bridgehead atoms. The molecule has 2 amide bonds. The molecule has 432 valence electrons. The summed E-state index contributed by atoms with van der Waals surface area (Å²) >= 11 is 20.7. The molecule has 0 N–H and O–H groups in total. The molecular formula is C60H72Br2Cl2F2N6O8. The van der Waals surface area contributed by atoms with E-state index < -0.39 is 46.2 Å². The number of amides is 2. The van der Waals surface area contributed by atoms with Crippen LogP contribution in [-0.4, -0.2) is 96.8 Å². The molecule has 2 spiro atoms. The van der Waals surface area contributed by atoms with Crippen molar-refractivity contribution in [3.8, 4) is 22.3 Å². The fourth-order valence-corrected chi connectivity index (χ4v) is 13.8. The number of nitrogens with zero attached hydrogens (tertiary/aromatic N) is 6. The second kappa shape index (κ2) is 21.1. The van der Waals surface area contributed by atoms with Gasteiger partial charge in [0.1, 0.15) is 34.0 Å². The molecule has 10 rings (SSSR count). The number of esters is 2. The van der Waals surface area contributed by atoms with Gasteiger partial charge in [-0.15, -0.1) is 0 Å². The Hall–Kier alpha value is -4.78. The fourth-order valence-electron chi connectivity index (χ4n) is 12.2. The van der Waals surface area contributed by atoms with Crippen LogP contribution in [0.2, 0.25) is 10.0 Å². The van der Waals surface area contributed by atoms with Crippen molar-refractivity contribution in [1.82, 2.24) is 9.97 Å². The van der Waals surface area contributed by atoms with Gasteiger partial charge in [0.15, 0.2) is 0 Å². The molecule has 2 unspecified atom stereocenters. The molecule has 4 fully saturated rings. The van der Waals surface area contributed by atoms with E-state index in [1.165, 1.54) is 21.9 Å². The number of hydrogen-bond acceptors (Lipinski definition) is 12. The normalized spacial score (nSPS) is 21.4. The Morgan fingerprint density at radius 1 is 0.600 bits per heavy atom. The number of hydrogen-bond donors (Lipinski definition) is 0. The van der Waals surface area contributed by atoms with Crippen LogP contribution in [0.1, 0.15) is 144 Å². The molecule has 2 aromatic carbocycles. The van der Waals surface area contributed by atoms with Gasteiger partial charge in [-0.05, 0) is 187 Å². The Balaban J connectivity index is 0.000000194. The van der Waals surface area contributed by atoms with Gasteiger partial charge in [-0.2, -0.15) is 0 Å². The van der Waals surface area contributed by atoms with Crippen molar-refractivity contribution >= 4 is 102 Å². The van der Waals surface area contributed by atoms with Gasteiger partial charge in [-0.3, -0.25) is 29.4 Å². The van der Waals surface area contributed by atoms with E-state index in [1.54, 1.807) is 68.0 Å². The van der Waals surface area contributed by atoms with E-state index in [4.69, 9.17) is 42.1 Å².